The Kier molecular flexibility index (Phi) is 7.19. The van der Waals surface area contributed by atoms with E-state index in [1.165, 1.54) is 35.2 Å². The van der Waals surface area contributed by atoms with Gasteiger partial charge in [0.1, 0.15) is 5.75 Å². The molecular formula is C18H17Cl2N3O5. The number of amides is 2. The van der Waals surface area contributed by atoms with Crippen LogP contribution in [0.5, 0.6) is 5.75 Å². The van der Waals surface area contributed by atoms with E-state index in [2.05, 4.69) is 5.32 Å². The van der Waals surface area contributed by atoms with E-state index in [0.29, 0.717) is 13.1 Å². The highest BCUT2D eigenvalue weighted by Gasteiger charge is 2.20. The summed E-state index contributed by atoms with van der Waals surface area (Å²) in [5, 5.41) is 13.6. The zero-order valence-corrected chi connectivity index (χ0v) is 16.6. The van der Waals surface area contributed by atoms with E-state index >= 15 is 0 Å². The minimum absolute atomic E-state index is 0.00809. The van der Waals surface area contributed by atoms with Crippen molar-refractivity contribution in [3.8, 4) is 5.75 Å². The molecule has 2 aromatic carbocycles. The van der Waals surface area contributed by atoms with E-state index in [-0.39, 0.29) is 32.7 Å². The van der Waals surface area contributed by atoms with E-state index < -0.39 is 16.9 Å². The number of hydrogen-bond acceptors (Lipinski definition) is 5. The number of nitrogens with one attached hydrogen (secondary N) is 1. The molecule has 0 atom stereocenters. The summed E-state index contributed by atoms with van der Waals surface area (Å²) in [5.41, 5.74) is -0.0275. The summed E-state index contributed by atoms with van der Waals surface area (Å²) >= 11 is 12.0. The van der Waals surface area contributed by atoms with Crippen molar-refractivity contribution in [3.63, 3.8) is 0 Å². The lowest BCUT2D eigenvalue weighted by Crippen LogP contribution is -2.33. The molecule has 0 saturated heterocycles. The SMILES string of the molecule is CCN(CC)C(=O)Oc1ccc(Cl)cc1C(=O)Nc1ccc([N+](=O)[O-])cc1Cl. The second-order valence-electron chi connectivity index (χ2n) is 5.56. The Balaban J connectivity index is 2.29. The molecule has 0 bridgehead atoms. The number of carbonyl (C=O) groups excluding carboxylic acids is 2. The lowest BCUT2D eigenvalue weighted by Gasteiger charge is -2.19. The van der Waals surface area contributed by atoms with Crippen molar-refractivity contribution in [2.24, 2.45) is 0 Å². The van der Waals surface area contributed by atoms with Gasteiger partial charge in [-0.25, -0.2) is 4.79 Å². The van der Waals surface area contributed by atoms with Crippen LogP contribution in [0.3, 0.4) is 0 Å². The number of nitrogens with zero attached hydrogens (tertiary/aromatic N) is 2. The summed E-state index contributed by atoms with van der Waals surface area (Å²) in [6, 6.07) is 7.89. The second-order valence-corrected chi connectivity index (χ2v) is 6.40. The molecule has 0 heterocycles. The van der Waals surface area contributed by atoms with E-state index in [0.717, 1.165) is 6.07 Å². The smallest absolute Gasteiger partial charge is 0.409 e. The summed E-state index contributed by atoms with van der Waals surface area (Å²) in [4.78, 5) is 36.5. The third kappa shape index (κ3) is 5.11. The van der Waals surface area contributed by atoms with Gasteiger partial charge in [-0.2, -0.15) is 0 Å². The molecule has 0 radical (unpaired) electrons. The highest BCUT2D eigenvalue weighted by Crippen LogP contribution is 2.29. The van der Waals surface area contributed by atoms with Crippen molar-refractivity contribution in [1.29, 1.82) is 0 Å². The number of carbonyl (C=O) groups is 2. The lowest BCUT2D eigenvalue weighted by atomic mass is 10.1. The van der Waals surface area contributed by atoms with Gasteiger partial charge >= 0.3 is 6.09 Å². The molecule has 8 nitrogen and oxygen atoms in total. The number of nitro groups is 1. The van der Waals surface area contributed by atoms with Gasteiger partial charge in [-0.3, -0.25) is 14.9 Å². The number of non-ortho nitro benzene ring substituents is 1. The van der Waals surface area contributed by atoms with Crippen LogP contribution in [0.2, 0.25) is 10.0 Å². The van der Waals surface area contributed by atoms with E-state index in [1.54, 1.807) is 13.8 Å². The molecule has 0 aliphatic carbocycles. The van der Waals surface area contributed by atoms with Crippen LogP contribution in [-0.2, 0) is 0 Å². The first-order valence-corrected chi connectivity index (χ1v) is 9.04. The van der Waals surface area contributed by atoms with Gasteiger partial charge in [-0.15, -0.1) is 0 Å². The van der Waals surface area contributed by atoms with Crippen LogP contribution in [0.1, 0.15) is 24.2 Å². The number of anilines is 1. The average Bonchev–Trinajstić information content (AvgIpc) is 2.65. The molecule has 1 N–H and O–H groups in total. The summed E-state index contributed by atoms with van der Waals surface area (Å²) in [5.74, 6) is -0.613. The molecule has 0 aliphatic rings. The molecule has 148 valence electrons. The summed E-state index contributed by atoms with van der Waals surface area (Å²) in [6.07, 6.45) is -0.602. The molecule has 10 heteroatoms. The molecule has 0 unspecified atom stereocenters. The highest BCUT2D eigenvalue weighted by atomic mass is 35.5. The largest absolute Gasteiger partial charge is 0.415 e. The van der Waals surface area contributed by atoms with Gasteiger partial charge in [0.05, 0.1) is 21.2 Å². The standard InChI is InChI=1S/C18H17Cl2N3O5/c1-3-22(4-2)18(25)28-16-8-5-11(19)9-13(16)17(24)21-15-7-6-12(23(26)27)10-14(15)20/h5-10H,3-4H2,1-2H3,(H,21,24). The Morgan fingerprint density at radius 3 is 2.39 bits per heavy atom. The fourth-order valence-corrected chi connectivity index (χ4v) is 2.71. The zero-order valence-electron chi connectivity index (χ0n) is 15.1. The van der Waals surface area contributed by atoms with E-state index in [4.69, 9.17) is 27.9 Å². The number of hydrogen-bond donors (Lipinski definition) is 1. The van der Waals surface area contributed by atoms with Crippen LogP contribution in [0.15, 0.2) is 36.4 Å². The molecule has 28 heavy (non-hydrogen) atoms. The number of rotatable bonds is 6. The van der Waals surface area contributed by atoms with E-state index in [9.17, 15) is 19.7 Å². The van der Waals surface area contributed by atoms with Crippen molar-refractivity contribution in [3.05, 3.63) is 62.1 Å². The van der Waals surface area contributed by atoms with Crippen LogP contribution in [0.4, 0.5) is 16.2 Å². The molecule has 2 amide bonds. The van der Waals surface area contributed by atoms with Crippen molar-refractivity contribution in [2.75, 3.05) is 18.4 Å². The fraction of sp³-hybridized carbons (Fsp3) is 0.222. The van der Waals surface area contributed by atoms with Crippen molar-refractivity contribution in [1.82, 2.24) is 4.90 Å². The normalized spacial score (nSPS) is 10.3. The van der Waals surface area contributed by atoms with Gasteiger partial charge in [0.15, 0.2) is 0 Å². The second kappa shape index (κ2) is 9.38. The van der Waals surface area contributed by atoms with Crippen molar-refractivity contribution in [2.45, 2.75) is 13.8 Å². The maximum absolute atomic E-state index is 12.7. The van der Waals surface area contributed by atoms with Gasteiger partial charge < -0.3 is 15.0 Å². The molecule has 2 rings (SSSR count). The molecule has 0 aromatic heterocycles. The van der Waals surface area contributed by atoms with Gasteiger partial charge in [-0.05, 0) is 38.1 Å². The quantitative estimate of drug-likeness (QED) is 0.518. The average molecular weight is 426 g/mol. The Labute approximate surface area is 171 Å². The number of benzene rings is 2. The Hall–Kier alpha value is -2.84. The first kappa shape index (κ1) is 21.5. The van der Waals surface area contributed by atoms with Crippen LogP contribution < -0.4 is 10.1 Å². The van der Waals surface area contributed by atoms with Crippen molar-refractivity contribution < 1.29 is 19.2 Å². The summed E-state index contributed by atoms with van der Waals surface area (Å²) in [7, 11) is 0. The predicted molar refractivity (Wildman–Crippen MR) is 106 cm³/mol. The number of ether oxygens (including phenoxy) is 1. The maximum Gasteiger partial charge on any atom is 0.415 e. The Morgan fingerprint density at radius 2 is 1.82 bits per heavy atom. The molecule has 0 aliphatic heterocycles. The van der Waals surface area contributed by atoms with Crippen LogP contribution in [-0.4, -0.2) is 34.9 Å². The molecule has 0 fully saturated rings. The molecule has 0 saturated carbocycles. The summed E-state index contributed by atoms with van der Waals surface area (Å²) in [6.45, 7) is 4.50. The summed E-state index contributed by atoms with van der Waals surface area (Å²) < 4.78 is 5.33. The monoisotopic (exact) mass is 425 g/mol. The molecule has 2 aromatic rings. The van der Waals surface area contributed by atoms with Crippen molar-refractivity contribution >= 4 is 46.6 Å². The minimum Gasteiger partial charge on any atom is -0.409 e. The van der Waals surface area contributed by atoms with Crippen LogP contribution >= 0.6 is 23.2 Å². The van der Waals surface area contributed by atoms with Crippen LogP contribution in [0, 0.1) is 10.1 Å². The number of nitro benzene ring substituents is 1. The predicted octanol–water partition coefficient (Wildman–Crippen LogP) is 4.99. The van der Waals surface area contributed by atoms with Gasteiger partial charge in [0.25, 0.3) is 11.6 Å². The number of halogens is 2. The van der Waals surface area contributed by atoms with Gasteiger partial charge in [0, 0.05) is 30.2 Å². The third-order valence-electron chi connectivity index (χ3n) is 3.82. The topological polar surface area (TPSA) is 102 Å². The Bertz CT molecular complexity index is 916. The van der Waals surface area contributed by atoms with Crippen LogP contribution in [0.25, 0.3) is 0 Å². The van der Waals surface area contributed by atoms with E-state index in [1.807, 2.05) is 0 Å². The first-order valence-electron chi connectivity index (χ1n) is 8.28. The maximum atomic E-state index is 12.7. The molecular weight excluding hydrogens is 409 g/mol. The minimum atomic E-state index is -0.638. The lowest BCUT2D eigenvalue weighted by molar-refractivity contribution is -0.384. The third-order valence-corrected chi connectivity index (χ3v) is 4.36. The zero-order chi connectivity index (χ0) is 20.8. The Morgan fingerprint density at radius 1 is 1.14 bits per heavy atom. The van der Waals surface area contributed by atoms with Gasteiger partial charge in [-0.1, -0.05) is 23.2 Å². The first-order chi connectivity index (χ1) is 13.3. The fourth-order valence-electron chi connectivity index (χ4n) is 2.32. The highest BCUT2D eigenvalue weighted by molar-refractivity contribution is 6.34. The van der Waals surface area contributed by atoms with Gasteiger partial charge in [0.2, 0.25) is 0 Å². The molecule has 0 spiro atoms.